The summed E-state index contributed by atoms with van der Waals surface area (Å²) in [5.74, 6) is 0.140. The fraction of sp³-hybridized carbons (Fsp3) is 0.857. The van der Waals surface area contributed by atoms with Crippen molar-refractivity contribution in [1.29, 1.82) is 0 Å². The van der Waals surface area contributed by atoms with E-state index in [2.05, 4.69) is 0 Å². The van der Waals surface area contributed by atoms with Crippen molar-refractivity contribution in [1.82, 2.24) is 4.90 Å². The van der Waals surface area contributed by atoms with E-state index in [9.17, 15) is 4.79 Å². The lowest BCUT2D eigenvalue weighted by molar-refractivity contribution is -0.129. The minimum absolute atomic E-state index is 0.0199. The van der Waals surface area contributed by atoms with Crippen LogP contribution < -0.4 is 5.73 Å². The SMILES string of the molecule is CN1C[C@@H](CN)OCCC1=O. The van der Waals surface area contributed by atoms with Gasteiger partial charge in [-0.1, -0.05) is 0 Å². The minimum atomic E-state index is 0.0199. The minimum Gasteiger partial charge on any atom is -0.375 e. The van der Waals surface area contributed by atoms with Crippen LogP contribution in [-0.4, -0.2) is 43.7 Å². The lowest BCUT2D eigenvalue weighted by Gasteiger charge is -2.17. The summed E-state index contributed by atoms with van der Waals surface area (Å²) in [6.45, 7) is 1.61. The number of hydrogen-bond donors (Lipinski definition) is 1. The summed E-state index contributed by atoms with van der Waals surface area (Å²) in [5.41, 5.74) is 5.42. The highest BCUT2D eigenvalue weighted by atomic mass is 16.5. The molecule has 1 aliphatic heterocycles. The van der Waals surface area contributed by atoms with Crippen LogP contribution in [0.5, 0.6) is 0 Å². The molecule has 1 amide bonds. The summed E-state index contributed by atoms with van der Waals surface area (Å²) in [6.07, 6.45) is 0.499. The third kappa shape index (κ3) is 2.17. The molecule has 1 saturated heterocycles. The number of ether oxygens (including phenoxy) is 1. The molecular weight excluding hydrogens is 144 g/mol. The first-order valence-corrected chi connectivity index (χ1v) is 3.79. The van der Waals surface area contributed by atoms with Gasteiger partial charge in [0.1, 0.15) is 0 Å². The molecule has 0 bridgehead atoms. The summed E-state index contributed by atoms with van der Waals surface area (Å²) in [6, 6.07) is 0. The van der Waals surface area contributed by atoms with Gasteiger partial charge in [-0.05, 0) is 0 Å². The number of amides is 1. The summed E-state index contributed by atoms with van der Waals surface area (Å²) in [4.78, 5) is 12.8. The van der Waals surface area contributed by atoms with Crippen molar-refractivity contribution < 1.29 is 9.53 Å². The van der Waals surface area contributed by atoms with Crippen LogP contribution in [0.3, 0.4) is 0 Å². The molecule has 1 atom stereocenters. The Labute approximate surface area is 66.3 Å². The van der Waals surface area contributed by atoms with E-state index < -0.39 is 0 Å². The van der Waals surface area contributed by atoms with Gasteiger partial charge >= 0.3 is 0 Å². The Morgan fingerprint density at radius 2 is 2.55 bits per heavy atom. The number of hydrogen-bond acceptors (Lipinski definition) is 3. The van der Waals surface area contributed by atoms with Gasteiger partial charge in [0, 0.05) is 20.1 Å². The maximum atomic E-state index is 11.1. The fourth-order valence-electron chi connectivity index (χ4n) is 1.11. The number of rotatable bonds is 1. The topological polar surface area (TPSA) is 55.6 Å². The van der Waals surface area contributed by atoms with Crippen LogP contribution in [0.4, 0.5) is 0 Å². The molecule has 0 radical (unpaired) electrons. The zero-order valence-electron chi connectivity index (χ0n) is 6.75. The van der Waals surface area contributed by atoms with Gasteiger partial charge in [0.2, 0.25) is 5.91 Å². The van der Waals surface area contributed by atoms with Crippen LogP contribution >= 0.6 is 0 Å². The largest absolute Gasteiger partial charge is 0.375 e. The quantitative estimate of drug-likeness (QED) is 0.543. The van der Waals surface area contributed by atoms with E-state index in [0.717, 1.165) is 0 Å². The molecular formula is C7H14N2O2. The summed E-state index contributed by atoms with van der Waals surface area (Å²) >= 11 is 0. The first-order chi connectivity index (χ1) is 5.24. The van der Waals surface area contributed by atoms with Crippen molar-refractivity contribution in [3.05, 3.63) is 0 Å². The first-order valence-electron chi connectivity index (χ1n) is 3.79. The van der Waals surface area contributed by atoms with E-state index in [1.807, 2.05) is 0 Å². The Bertz CT molecular complexity index is 149. The second-order valence-corrected chi connectivity index (χ2v) is 2.75. The molecule has 0 aromatic rings. The number of nitrogens with zero attached hydrogens (tertiary/aromatic N) is 1. The number of nitrogens with two attached hydrogens (primary N) is 1. The monoisotopic (exact) mass is 158 g/mol. The van der Waals surface area contributed by atoms with Crippen molar-refractivity contribution in [2.24, 2.45) is 5.73 Å². The molecule has 0 aromatic heterocycles. The normalized spacial score (nSPS) is 26.9. The van der Waals surface area contributed by atoms with Crippen molar-refractivity contribution in [2.45, 2.75) is 12.5 Å². The Morgan fingerprint density at radius 3 is 3.18 bits per heavy atom. The Morgan fingerprint density at radius 1 is 1.82 bits per heavy atom. The molecule has 4 heteroatoms. The highest BCUT2D eigenvalue weighted by molar-refractivity contribution is 5.76. The van der Waals surface area contributed by atoms with Gasteiger partial charge in [-0.2, -0.15) is 0 Å². The zero-order chi connectivity index (χ0) is 8.27. The van der Waals surface area contributed by atoms with Crippen molar-refractivity contribution in [2.75, 3.05) is 26.7 Å². The van der Waals surface area contributed by atoms with Crippen LogP contribution in [0.15, 0.2) is 0 Å². The molecule has 0 aliphatic carbocycles. The lowest BCUT2D eigenvalue weighted by Crippen LogP contribution is -2.35. The third-order valence-electron chi connectivity index (χ3n) is 1.84. The number of carbonyl (C=O) groups is 1. The highest BCUT2D eigenvalue weighted by Crippen LogP contribution is 2.03. The molecule has 1 heterocycles. The second-order valence-electron chi connectivity index (χ2n) is 2.75. The van der Waals surface area contributed by atoms with Crippen LogP contribution in [0, 0.1) is 0 Å². The molecule has 11 heavy (non-hydrogen) atoms. The van der Waals surface area contributed by atoms with E-state index >= 15 is 0 Å². The predicted molar refractivity (Wildman–Crippen MR) is 41.0 cm³/mol. The van der Waals surface area contributed by atoms with Gasteiger partial charge in [-0.15, -0.1) is 0 Å². The van der Waals surface area contributed by atoms with Gasteiger partial charge in [0.05, 0.1) is 19.1 Å². The average Bonchev–Trinajstić information content (AvgIpc) is 2.15. The van der Waals surface area contributed by atoms with Gasteiger partial charge in [-0.3, -0.25) is 4.79 Å². The first kappa shape index (κ1) is 8.49. The summed E-state index contributed by atoms with van der Waals surface area (Å²) in [5, 5.41) is 0. The van der Waals surface area contributed by atoms with Gasteiger partial charge in [0.15, 0.2) is 0 Å². The summed E-state index contributed by atoms with van der Waals surface area (Å²) < 4.78 is 5.31. The fourth-order valence-corrected chi connectivity index (χ4v) is 1.11. The van der Waals surface area contributed by atoms with E-state index in [1.54, 1.807) is 11.9 Å². The lowest BCUT2D eigenvalue weighted by atomic mass is 10.3. The average molecular weight is 158 g/mol. The van der Waals surface area contributed by atoms with Crippen molar-refractivity contribution >= 4 is 5.91 Å². The summed E-state index contributed by atoms with van der Waals surface area (Å²) in [7, 11) is 1.78. The predicted octanol–water partition coefficient (Wildman–Crippen LogP) is -0.808. The Hall–Kier alpha value is -0.610. The van der Waals surface area contributed by atoms with E-state index in [-0.39, 0.29) is 12.0 Å². The number of likely N-dealkylation sites (N-methyl/N-ethyl adjacent to an activating group) is 1. The smallest absolute Gasteiger partial charge is 0.224 e. The Kier molecular flexibility index (Phi) is 2.84. The molecule has 0 saturated carbocycles. The number of carbonyl (C=O) groups excluding carboxylic acids is 1. The molecule has 1 aliphatic rings. The van der Waals surface area contributed by atoms with E-state index in [1.165, 1.54) is 0 Å². The maximum Gasteiger partial charge on any atom is 0.224 e. The maximum absolute atomic E-state index is 11.1. The Balaban J connectivity index is 2.48. The molecule has 1 rings (SSSR count). The van der Waals surface area contributed by atoms with Crippen LogP contribution in [0.1, 0.15) is 6.42 Å². The molecule has 0 aromatic carbocycles. The van der Waals surface area contributed by atoms with Crippen molar-refractivity contribution in [3.8, 4) is 0 Å². The van der Waals surface area contributed by atoms with E-state index in [4.69, 9.17) is 10.5 Å². The van der Waals surface area contributed by atoms with Gasteiger partial charge in [-0.25, -0.2) is 0 Å². The zero-order valence-corrected chi connectivity index (χ0v) is 6.75. The van der Waals surface area contributed by atoms with Crippen LogP contribution in [0.25, 0.3) is 0 Å². The third-order valence-corrected chi connectivity index (χ3v) is 1.84. The molecule has 64 valence electrons. The second kappa shape index (κ2) is 3.69. The van der Waals surface area contributed by atoms with E-state index in [0.29, 0.717) is 26.1 Å². The molecule has 2 N–H and O–H groups in total. The van der Waals surface area contributed by atoms with Crippen LogP contribution in [0.2, 0.25) is 0 Å². The standard InChI is InChI=1S/C7H14N2O2/c1-9-5-6(4-8)11-3-2-7(9)10/h6H,2-5,8H2,1H3/t6-/m1/s1. The molecule has 0 unspecified atom stereocenters. The molecule has 4 nitrogen and oxygen atoms in total. The molecule has 0 spiro atoms. The molecule has 1 fully saturated rings. The van der Waals surface area contributed by atoms with Gasteiger partial charge < -0.3 is 15.4 Å². The van der Waals surface area contributed by atoms with Crippen molar-refractivity contribution in [3.63, 3.8) is 0 Å². The van der Waals surface area contributed by atoms with Gasteiger partial charge in [0.25, 0.3) is 0 Å². The van der Waals surface area contributed by atoms with Crippen LogP contribution in [-0.2, 0) is 9.53 Å². The highest BCUT2D eigenvalue weighted by Gasteiger charge is 2.19.